The van der Waals surface area contributed by atoms with Crippen molar-refractivity contribution in [2.45, 2.75) is 19.9 Å². The van der Waals surface area contributed by atoms with Crippen LogP contribution in [0.5, 0.6) is 0 Å². The highest BCUT2D eigenvalue weighted by Gasteiger charge is 2.19. The van der Waals surface area contributed by atoms with Crippen molar-refractivity contribution in [3.63, 3.8) is 0 Å². The van der Waals surface area contributed by atoms with Gasteiger partial charge in [-0.3, -0.25) is 9.78 Å². The molecule has 5 heteroatoms. The highest BCUT2D eigenvalue weighted by atomic mass is 16.3. The number of aryl methyl sites for hydroxylation is 1. The molecular formula is C11H17N3O2. The zero-order chi connectivity index (χ0) is 12.3. The van der Waals surface area contributed by atoms with Gasteiger partial charge >= 0.3 is 0 Å². The molecule has 0 saturated carbocycles. The van der Waals surface area contributed by atoms with Gasteiger partial charge in [0.1, 0.15) is 0 Å². The normalized spacial score (nSPS) is 12.2. The smallest absolute Gasteiger partial charge is 0.255 e. The van der Waals surface area contributed by atoms with Crippen molar-refractivity contribution in [1.29, 1.82) is 0 Å². The predicted octanol–water partition coefficient (Wildman–Crippen LogP) is 0.425. The summed E-state index contributed by atoms with van der Waals surface area (Å²) in [6.45, 7) is 3.45. The summed E-state index contributed by atoms with van der Waals surface area (Å²) < 4.78 is 0. The van der Waals surface area contributed by atoms with Crippen molar-refractivity contribution >= 4 is 11.6 Å². The molecule has 1 rings (SSSR count). The highest BCUT2D eigenvalue weighted by molar-refractivity contribution is 5.96. The van der Waals surface area contributed by atoms with Crippen LogP contribution < -0.4 is 5.73 Å². The summed E-state index contributed by atoms with van der Waals surface area (Å²) in [5.41, 5.74) is 7.16. The van der Waals surface area contributed by atoms with Crippen molar-refractivity contribution in [3.05, 3.63) is 23.5 Å². The maximum atomic E-state index is 12.0. The van der Waals surface area contributed by atoms with E-state index in [1.165, 1.54) is 11.1 Å². The lowest BCUT2D eigenvalue weighted by Gasteiger charge is -2.23. The number of hydrogen-bond donors (Lipinski definition) is 2. The van der Waals surface area contributed by atoms with E-state index >= 15 is 0 Å². The lowest BCUT2D eigenvalue weighted by Crippen LogP contribution is -2.37. The average molecular weight is 223 g/mol. The van der Waals surface area contributed by atoms with Gasteiger partial charge < -0.3 is 15.7 Å². The van der Waals surface area contributed by atoms with Crippen LogP contribution in [0.25, 0.3) is 0 Å². The second kappa shape index (κ2) is 4.94. The molecule has 1 heterocycles. The molecule has 0 fully saturated rings. The van der Waals surface area contributed by atoms with Gasteiger partial charge in [-0.15, -0.1) is 0 Å². The number of pyridine rings is 1. The first-order chi connectivity index (χ1) is 7.47. The van der Waals surface area contributed by atoms with E-state index in [0.717, 1.165) is 0 Å². The molecular weight excluding hydrogens is 206 g/mol. The number of likely N-dealkylation sites (N-methyl/N-ethyl adjacent to an activating group) is 1. The number of carbonyl (C=O) groups excluding carboxylic acids is 1. The number of anilines is 1. The summed E-state index contributed by atoms with van der Waals surface area (Å²) in [5, 5.41) is 8.99. The minimum Gasteiger partial charge on any atom is -0.397 e. The Hall–Kier alpha value is -1.62. The molecule has 0 saturated heterocycles. The van der Waals surface area contributed by atoms with E-state index in [0.29, 0.717) is 16.9 Å². The molecule has 0 spiro atoms. The number of nitrogens with zero attached hydrogens (tertiary/aromatic N) is 2. The third kappa shape index (κ3) is 2.49. The average Bonchev–Trinajstić information content (AvgIpc) is 2.29. The molecule has 1 amide bonds. The molecule has 1 aromatic rings. The molecule has 16 heavy (non-hydrogen) atoms. The summed E-state index contributed by atoms with van der Waals surface area (Å²) in [7, 11) is 1.64. The lowest BCUT2D eigenvalue weighted by atomic mass is 10.1. The van der Waals surface area contributed by atoms with E-state index in [4.69, 9.17) is 10.8 Å². The Morgan fingerprint density at radius 1 is 1.69 bits per heavy atom. The Morgan fingerprint density at radius 2 is 2.31 bits per heavy atom. The highest BCUT2D eigenvalue weighted by Crippen LogP contribution is 2.13. The number of nitrogen functional groups attached to an aromatic ring is 1. The quantitative estimate of drug-likeness (QED) is 0.778. The van der Waals surface area contributed by atoms with Crippen molar-refractivity contribution in [1.82, 2.24) is 9.88 Å². The molecule has 0 aromatic carbocycles. The molecule has 0 aliphatic rings. The maximum absolute atomic E-state index is 12.0. The van der Waals surface area contributed by atoms with Gasteiger partial charge in [0.15, 0.2) is 0 Å². The van der Waals surface area contributed by atoms with Crippen LogP contribution >= 0.6 is 0 Å². The molecule has 1 aromatic heterocycles. The molecule has 0 aliphatic carbocycles. The van der Waals surface area contributed by atoms with Gasteiger partial charge in [-0.05, 0) is 19.9 Å². The van der Waals surface area contributed by atoms with Crippen LogP contribution in [0.2, 0.25) is 0 Å². The Kier molecular flexibility index (Phi) is 3.84. The SMILES string of the molecule is Cc1ncc(N)cc1C(=O)N(C)C(C)CO. The van der Waals surface area contributed by atoms with Crippen molar-refractivity contribution in [2.75, 3.05) is 19.4 Å². The first-order valence-corrected chi connectivity index (χ1v) is 5.07. The molecule has 1 atom stereocenters. The van der Waals surface area contributed by atoms with Crippen molar-refractivity contribution in [2.24, 2.45) is 0 Å². The molecule has 88 valence electrons. The summed E-state index contributed by atoms with van der Waals surface area (Å²) in [4.78, 5) is 17.5. The largest absolute Gasteiger partial charge is 0.397 e. The third-order valence-corrected chi connectivity index (χ3v) is 2.58. The van der Waals surface area contributed by atoms with E-state index in [9.17, 15) is 4.79 Å². The van der Waals surface area contributed by atoms with Gasteiger partial charge in [0.2, 0.25) is 0 Å². The Labute approximate surface area is 94.9 Å². The van der Waals surface area contributed by atoms with Crippen LogP contribution in [0.3, 0.4) is 0 Å². The fourth-order valence-electron chi connectivity index (χ4n) is 1.28. The lowest BCUT2D eigenvalue weighted by molar-refractivity contribution is 0.0681. The Balaban J connectivity index is 3.00. The van der Waals surface area contributed by atoms with Gasteiger partial charge in [0.05, 0.1) is 35.8 Å². The molecule has 0 aliphatic heterocycles. The van der Waals surface area contributed by atoms with E-state index in [-0.39, 0.29) is 18.6 Å². The van der Waals surface area contributed by atoms with Crippen LogP contribution in [0.15, 0.2) is 12.3 Å². The number of aromatic nitrogens is 1. The van der Waals surface area contributed by atoms with Crippen LogP contribution in [0.4, 0.5) is 5.69 Å². The van der Waals surface area contributed by atoms with Crippen molar-refractivity contribution < 1.29 is 9.90 Å². The van der Waals surface area contributed by atoms with Gasteiger partial charge in [0, 0.05) is 7.05 Å². The zero-order valence-electron chi connectivity index (χ0n) is 9.77. The zero-order valence-corrected chi connectivity index (χ0v) is 9.77. The number of hydrogen-bond acceptors (Lipinski definition) is 4. The number of aliphatic hydroxyl groups is 1. The van der Waals surface area contributed by atoms with Crippen LogP contribution in [0.1, 0.15) is 23.0 Å². The van der Waals surface area contributed by atoms with Crippen LogP contribution in [0, 0.1) is 6.92 Å². The Bertz CT molecular complexity index is 393. The second-order valence-electron chi connectivity index (χ2n) is 3.85. The number of carbonyl (C=O) groups is 1. The van der Waals surface area contributed by atoms with E-state index in [2.05, 4.69) is 4.98 Å². The van der Waals surface area contributed by atoms with Crippen LogP contribution in [-0.2, 0) is 0 Å². The monoisotopic (exact) mass is 223 g/mol. The van der Waals surface area contributed by atoms with E-state index in [1.54, 1.807) is 27.0 Å². The fourth-order valence-corrected chi connectivity index (χ4v) is 1.28. The predicted molar refractivity (Wildman–Crippen MR) is 62.0 cm³/mol. The second-order valence-corrected chi connectivity index (χ2v) is 3.85. The number of amides is 1. The van der Waals surface area contributed by atoms with Gasteiger partial charge in [0.25, 0.3) is 5.91 Å². The number of aliphatic hydroxyl groups excluding tert-OH is 1. The summed E-state index contributed by atoms with van der Waals surface area (Å²) in [5.74, 6) is -0.182. The summed E-state index contributed by atoms with van der Waals surface area (Å²) >= 11 is 0. The molecule has 0 bridgehead atoms. The van der Waals surface area contributed by atoms with Crippen molar-refractivity contribution in [3.8, 4) is 0 Å². The molecule has 3 N–H and O–H groups in total. The Morgan fingerprint density at radius 3 is 2.88 bits per heavy atom. The van der Waals surface area contributed by atoms with Gasteiger partial charge in [-0.1, -0.05) is 0 Å². The topological polar surface area (TPSA) is 79.5 Å². The van der Waals surface area contributed by atoms with E-state index in [1.807, 2.05) is 0 Å². The summed E-state index contributed by atoms with van der Waals surface area (Å²) in [6.07, 6.45) is 1.52. The van der Waals surface area contributed by atoms with Gasteiger partial charge in [-0.2, -0.15) is 0 Å². The number of nitrogens with two attached hydrogens (primary N) is 1. The molecule has 1 unspecified atom stereocenters. The fraction of sp³-hybridized carbons (Fsp3) is 0.455. The first-order valence-electron chi connectivity index (χ1n) is 5.07. The minimum absolute atomic E-state index is 0.0724. The minimum atomic E-state index is -0.228. The third-order valence-electron chi connectivity index (χ3n) is 2.58. The van der Waals surface area contributed by atoms with Crippen LogP contribution in [-0.4, -0.2) is 40.6 Å². The standard InChI is InChI=1S/C11H17N3O2/c1-7(6-15)14(3)11(16)10-4-9(12)5-13-8(10)2/h4-5,7,15H,6,12H2,1-3H3. The summed E-state index contributed by atoms with van der Waals surface area (Å²) in [6, 6.07) is 1.37. The maximum Gasteiger partial charge on any atom is 0.255 e. The van der Waals surface area contributed by atoms with E-state index < -0.39 is 0 Å². The molecule has 5 nitrogen and oxygen atoms in total. The first kappa shape index (κ1) is 12.4. The van der Waals surface area contributed by atoms with Gasteiger partial charge in [-0.25, -0.2) is 0 Å². The molecule has 0 radical (unpaired) electrons. The number of rotatable bonds is 3.